The smallest absolute Gasteiger partial charge is 0.274 e. The van der Waals surface area contributed by atoms with Crippen LogP contribution in [0.1, 0.15) is 12.8 Å². The molecule has 66 valence electrons. The standard InChI is InChI=1S/C5H13N3O2S/c6-3-5(4-1-2-4)8-11(7,9)10/h4-5,8H,1-3,6H2,(H2,7,9,10). The Morgan fingerprint density at radius 3 is 2.36 bits per heavy atom. The van der Waals surface area contributed by atoms with Gasteiger partial charge < -0.3 is 5.73 Å². The minimum Gasteiger partial charge on any atom is -0.329 e. The molecule has 0 aromatic heterocycles. The fourth-order valence-electron chi connectivity index (χ4n) is 1.05. The van der Waals surface area contributed by atoms with Gasteiger partial charge in [0.1, 0.15) is 0 Å². The Morgan fingerprint density at radius 2 is 2.09 bits per heavy atom. The van der Waals surface area contributed by atoms with Gasteiger partial charge in [0, 0.05) is 12.6 Å². The average molecular weight is 179 g/mol. The summed E-state index contributed by atoms with van der Waals surface area (Å²) in [4.78, 5) is 0. The van der Waals surface area contributed by atoms with Crippen LogP contribution in [-0.4, -0.2) is 21.0 Å². The minimum atomic E-state index is -3.57. The van der Waals surface area contributed by atoms with Crippen LogP contribution < -0.4 is 15.6 Å². The molecule has 6 heteroatoms. The van der Waals surface area contributed by atoms with E-state index in [0.29, 0.717) is 12.5 Å². The molecular formula is C5H13N3O2S. The Labute approximate surface area is 66.3 Å². The molecule has 11 heavy (non-hydrogen) atoms. The van der Waals surface area contributed by atoms with E-state index in [0.717, 1.165) is 12.8 Å². The second kappa shape index (κ2) is 3.06. The van der Waals surface area contributed by atoms with Crippen molar-refractivity contribution in [2.24, 2.45) is 16.8 Å². The monoisotopic (exact) mass is 179 g/mol. The molecule has 1 saturated carbocycles. The molecule has 1 aliphatic rings. The molecule has 0 radical (unpaired) electrons. The highest BCUT2D eigenvalue weighted by molar-refractivity contribution is 7.87. The van der Waals surface area contributed by atoms with Crippen molar-refractivity contribution in [1.82, 2.24) is 4.72 Å². The second-order valence-electron chi connectivity index (χ2n) is 2.84. The normalized spacial score (nSPS) is 21.6. The van der Waals surface area contributed by atoms with Gasteiger partial charge in [-0.05, 0) is 18.8 Å². The number of rotatable bonds is 4. The van der Waals surface area contributed by atoms with Crippen LogP contribution >= 0.6 is 0 Å². The van der Waals surface area contributed by atoms with Crippen LogP contribution in [0.5, 0.6) is 0 Å². The third-order valence-electron chi connectivity index (χ3n) is 1.76. The topological polar surface area (TPSA) is 98.2 Å². The van der Waals surface area contributed by atoms with Crippen molar-refractivity contribution in [2.45, 2.75) is 18.9 Å². The lowest BCUT2D eigenvalue weighted by molar-refractivity contribution is 0.520. The maximum Gasteiger partial charge on any atom is 0.274 e. The van der Waals surface area contributed by atoms with Crippen molar-refractivity contribution >= 4 is 10.2 Å². The van der Waals surface area contributed by atoms with E-state index in [1.165, 1.54) is 0 Å². The van der Waals surface area contributed by atoms with E-state index >= 15 is 0 Å². The van der Waals surface area contributed by atoms with E-state index in [4.69, 9.17) is 10.9 Å². The summed E-state index contributed by atoms with van der Waals surface area (Å²) in [6.07, 6.45) is 2.09. The van der Waals surface area contributed by atoms with Crippen LogP contribution in [0, 0.1) is 5.92 Å². The van der Waals surface area contributed by atoms with Crippen LogP contribution in [0.2, 0.25) is 0 Å². The molecule has 0 aromatic rings. The van der Waals surface area contributed by atoms with Gasteiger partial charge >= 0.3 is 0 Å². The fraction of sp³-hybridized carbons (Fsp3) is 1.00. The van der Waals surface area contributed by atoms with Gasteiger partial charge in [0.25, 0.3) is 10.2 Å². The molecule has 5 nitrogen and oxygen atoms in total. The zero-order valence-corrected chi connectivity index (χ0v) is 6.97. The van der Waals surface area contributed by atoms with Crippen LogP contribution in [0.3, 0.4) is 0 Å². The molecule has 0 heterocycles. The summed E-state index contributed by atoms with van der Waals surface area (Å²) >= 11 is 0. The predicted octanol–water partition coefficient (Wildman–Crippen LogP) is -1.48. The molecule has 1 aliphatic carbocycles. The minimum absolute atomic E-state index is 0.162. The summed E-state index contributed by atoms with van der Waals surface area (Å²) in [5.74, 6) is 0.401. The first-order valence-corrected chi connectivity index (χ1v) is 5.07. The first kappa shape index (κ1) is 8.92. The highest BCUT2D eigenvalue weighted by Gasteiger charge is 2.31. The van der Waals surface area contributed by atoms with Gasteiger partial charge in [-0.3, -0.25) is 0 Å². The van der Waals surface area contributed by atoms with E-state index in [2.05, 4.69) is 4.72 Å². The summed E-state index contributed by atoms with van der Waals surface area (Å²) in [6, 6.07) is -0.162. The van der Waals surface area contributed by atoms with Gasteiger partial charge in [-0.25, -0.2) is 5.14 Å². The molecule has 0 aromatic carbocycles. The van der Waals surface area contributed by atoms with Gasteiger partial charge in [-0.1, -0.05) is 0 Å². The molecule has 1 atom stereocenters. The van der Waals surface area contributed by atoms with Crippen molar-refractivity contribution in [3.05, 3.63) is 0 Å². The highest BCUT2D eigenvalue weighted by atomic mass is 32.2. The Morgan fingerprint density at radius 1 is 1.55 bits per heavy atom. The largest absolute Gasteiger partial charge is 0.329 e. The number of nitrogens with one attached hydrogen (secondary N) is 1. The van der Waals surface area contributed by atoms with Gasteiger partial charge in [-0.2, -0.15) is 13.1 Å². The number of hydrogen-bond donors (Lipinski definition) is 3. The fourth-order valence-corrected chi connectivity index (χ4v) is 1.76. The molecule has 1 unspecified atom stereocenters. The van der Waals surface area contributed by atoms with E-state index in [9.17, 15) is 8.42 Å². The zero-order chi connectivity index (χ0) is 8.48. The molecule has 0 saturated heterocycles. The third kappa shape index (κ3) is 3.15. The molecule has 0 aliphatic heterocycles. The van der Waals surface area contributed by atoms with Crippen molar-refractivity contribution in [2.75, 3.05) is 6.54 Å². The summed E-state index contributed by atoms with van der Waals surface area (Å²) in [6.45, 7) is 0.321. The van der Waals surface area contributed by atoms with Crippen LogP contribution in [0.15, 0.2) is 0 Å². The summed E-state index contributed by atoms with van der Waals surface area (Å²) in [5.41, 5.74) is 5.34. The molecular weight excluding hydrogens is 166 g/mol. The van der Waals surface area contributed by atoms with Crippen molar-refractivity contribution in [3.8, 4) is 0 Å². The van der Waals surface area contributed by atoms with E-state index in [1.54, 1.807) is 0 Å². The Hall–Kier alpha value is -0.170. The lowest BCUT2D eigenvalue weighted by Crippen LogP contribution is -2.44. The lowest BCUT2D eigenvalue weighted by atomic mass is 10.2. The number of hydrogen-bond acceptors (Lipinski definition) is 3. The van der Waals surface area contributed by atoms with Crippen molar-refractivity contribution in [1.29, 1.82) is 0 Å². The van der Waals surface area contributed by atoms with Crippen LogP contribution in [0.4, 0.5) is 0 Å². The SMILES string of the molecule is NCC(NS(N)(=O)=O)C1CC1. The maximum atomic E-state index is 10.5. The Balaban J connectivity index is 2.43. The predicted molar refractivity (Wildman–Crippen MR) is 41.8 cm³/mol. The van der Waals surface area contributed by atoms with Gasteiger partial charge in [0.15, 0.2) is 0 Å². The molecule has 0 spiro atoms. The van der Waals surface area contributed by atoms with E-state index in [-0.39, 0.29) is 6.04 Å². The van der Waals surface area contributed by atoms with Gasteiger partial charge in [-0.15, -0.1) is 0 Å². The summed E-state index contributed by atoms with van der Waals surface area (Å²) in [7, 11) is -3.57. The zero-order valence-electron chi connectivity index (χ0n) is 6.16. The quantitative estimate of drug-likeness (QED) is 0.490. The number of nitrogens with two attached hydrogens (primary N) is 2. The molecule has 0 amide bonds. The van der Waals surface area contributed by atoms with Crippen LogP contribution in [0.25, 0.3) is 0 Å². The molecule has 5 N–H and O–H groups in total. The maximum absolute atomic E-state index is 10.5. The Kier molecular flexibility index (Phi) is 2.48. The summed E-state index contributed by atoms with van der Waals surface area (Å²) < 4.78 is 23.4. The second-order valence-corrected chi connectivity index (χ2v) is 4.17. The highest BCUT2D eigenvalue weighted by Crippen LogP contribution is 2.32. The van der Waals surface area contributed by atoms with Gasteiger partial charge in [0.05, 0.1) is 0 Å². The first-order valence-electron chi connectivity index (χ1n) is 3.53. The summed E-state index contributed by atoms with van der Waals surface area (Å²) in [5, 5.41) is 4.78. The van der Waals surface area contributed by atoms with Gasteiger partial charge in [0.2, 0.25) is 0 Å². The van der Waals surface area contributed by atoms with E-state index < -0.39 is 10.2 Å². The van der Waals surface area contributed by atoms with E-state index in [1.807, 2.05) is 0 Å². The third-order valence-corrected chi connectivity index (χ3v) is 2.39. The molecule has 1 rings (SSSR count). The molecule has 0 bridgehead atoms. The molecule has 1 fully saturated rings. The average Bonchev–Trinajstić information content (AvgIpc) is 2.61. The Bertz CT molecular complexity index is 222. The lowest BCUT2D eigenvalue weighted by Gasteiger charge is -2.12. The van der Waals surface area contributed by atoms with Crippen LogP contribution in [-0.2, 0) is 10.2 Å². The van der Waals surface area contributed by atoms with Crippen molar-refractivity contribution in [3.63, 3.8) is 0 Å². The van der Waals surface area contributed by atoms with Crippen molar-refractivity contribution < 1.29 is 8.42 Å². The first-order chi connectivity index (χ1) is 5.03.